The lowest BCUT2D eigenvalue weighted by Gasteiger charge is -2.21. The summed E-state index contributed by atoms with van der Waals surface area (Å²) in [5.74, 6) is 1.62. The molecule has 27 heavy (non-hydrogen) atoms. The number of hydrogen-bond acceptors (Lipinski definition) is 1. The Hall–Kier alpha value is -2.02. The van der Waals surface area contributed by atoms with Gasteiger partial charge in [-0.05, 0) is 30.0 Å². The Morgan fingerprint density at radius 2 is 1.93 bits per heavy atom. The van der Waals surface area contributed by atoms with Crippen LogP contribution in [0, 0.1) is 0 Å². The van der Waals surface area contributed by atoms with E-state index < -0.39 is 0 Å². The average Bonchev–Trinajstić information content (AvgIpc) is 3.34. The highest BCUT2D eigenvalue weighted by molar-refractivity contribution is 14.0. The fourth-order valence-electron chi connectivity index (χ4n) is 3.93. The van der Waals surface area contributed by atoms with Gasteiger partial charge in [0.25, 0.3) is 0 Å². The Bertz CT molecular complexity index is 887. The first-order valence-corrected chi connectivity index (χ1v) is 9.40. The predicted octanol–water partition coefficient (Wildman–Crippen LogP) is 4.39. The van der Waals surface area contributed by atoms with E-state index in [2.05, 4.69) is 81.0 Å². The topological polar surface area (TPSA) is 43.4 Å². The van der Waals surface area contributed by atoms with E-state index in [4.69, 9.17) is 0 Å². The molecule has 5 heteroatoms. The SMILES string of the molecule is CN=C(NCCc1c[nH]c2ccccc12)N1CCC(c2ccccc2)C1.I. The van der Waals surface area contributed by atoms with E-state index in [-0.39, 0.29) is 24.0 Å². The lowest BCUT2D eigenvalue weighted by atomic mass is 9.99. The standard InChI is InChI=1S/C22H26N4.HI/c1-23-22(26-14-12-19(16-26)17-7-3-2-4-8-17)24-13-11-18-15-25-21-10-6-5-9-20(18)21;/h2-10,15,19,25H,11-14,16H2,1H3,(H,23,24);1H. The summed E-state index contributed by atoms with van der Waals surface area (Å²) in [4.78, 5) is 10.2. The number of fused-ring (bicyclic) bond motifs is 1. The van der Waals surface area contributed by atoms with E-state index in [1.165, 1.54) is 28.5 Å². The Balaban J connectivity index is 0.00000210. The van der Waals surface area contributed by atoms with Crippen LogP contribution in [0.25, 0.3) is 10.9 Å². The molecule has 1 aliphatic heterocycles. The maximum atomic E-state index is 4.50. The van der Waals surface area contributed by atoms with Crippen LogP contribution in [-0.2, 0) is 6.42 Å². The van der Waals surface area contributed by atoms with Gasteiger partial charge in [-0.2, -0.15) is 0 Å². The number of aromatic nitrogens is 1. The second-order valence-corrected chi connectivity index (χ2v) is 6.93. The molecular formula is C22H27IN4. The summed E-state index contributed by atoms with van der Waals surface area (Å²) in [6.07, 6.45) is 4.29. The largest absolute Gasteiger partial charge is 0.361 e. The number of nitrogens with zero attached hydrogens (tertiary/aromatic N) is 2. The van der Waals surface area contributed by atoms with Gasteiger partial charge in [0.15, 0.2) is 5.96 Å². The molecule has 1 atom stereocenters. The molecule has 4 rings (SSSR count). The second kappa shape index (κ2) is 9.26. The number of likely N-dealkylation sites (tertiary alicyclic amines) is 1. The number of hydrogen-bond donors (Lipinski definition) is 2. The Morgan fingerprint density at radius 3 is 2.74 bits per heavy atom. The molecule has 1 unspecified atom stereocenters. The highest BCUT2D eigenvalue weighted by Gasteiger charge is 2.25. The van der Waals surface area contributed by atoms with Crippen molar-refractivity contribution in [1.82, 2.24) is 15.2 Å². The van der Waals surface area contributed by atoms with E-state index >= 15 is 0 Å². The number of aliphatic imine (C=N–C) groups is 1. The molecule has 0 aliphatic carbocycles. The Kier molecular flexibility index (Phi) is 6.77. The highest BCUT2D eigenvalue weighted by atomic mass is 127. The smallest absolute Gasteiger partial charge is 0.193 e. The first-order valence-electron chi connectivity index (χ1n) is 9.40. The van der Waals surface area contributed by atoms with Gasteiger partial charge in [-0.1, -0.05) is 48.5 Å². The first kappa shape index (κ1) is 19.7. The molecule has 2 aromatic carbocycles. The molecule has 2 heterocycles. The number of rotatable bonds is 4. The third kappa shape index (κ3) is 4.46. The molecule has 4 nitrogen and oxygen atoms in total. The fourth-order valence-corrected chi connectivity index (χ4v) is 3.93. The van der Waals surface area contributed by atoms with Crippen LogP contribution < -0.4 is 5.32 Å². The summed E-state index contributed by atoms with van der Waals surface area (Å²) >= 11 is 0. The van der Waals surface area contributed by atoms with Crippen molar-refractivity contribution in [3.8, 4) is 0 Å². The van der Waals surface area contributed by atoms with Crippen molar-refractivity contribution < 1.29 is 0 Å². The molecule has 0 bridgehead atoms. The first-order chi connectivity index (χ1) is 12.8. The molecule has 0 saturated carbocycles. The van der Waals surface area contributed by atoms with Crippen LogP contribution in [-0.4, -0.2) is 42.5 Å². The zero-order valence-electron chi connectivity index (χ0n) is 15.7. The number of nitrogens with one attached hydrogen (secondary N) is 2. The van der Waals surface area contributed by atoms with Gasteiger partial charge in [-0.25, -0.2) is 0 Å². The molecule has 2 N–H and O–H groups in total. The van der Waals surface area contributed by atoms with Crippen molar-refractivity contribution in [2.75, 3.05) is 26.7 Å². The molecule has 1 saturated heterocycles. The zero-order chi connectivity index (χ0) is 17.8. The minimum atomic E-state index is 0. The molecule has 3 aromatic rings. The molecular weight excluding hydrogens is 447 g/mol. The molecule has 142 valence electrons. The van der Waals surface area contributed by atoms with Crippen LogP contribution in [0.2, 0.25) is 0 Å². The van der Waals surface area contributed by atoms with Crippen molar-refractivity contribution in [3.05, 3.63) is 71.9 Å². The minimum Gasteiger partial charge on any atom is -0.361 e. The summed E-state index contributed by atoms with van der Waals surface area (Å²) in [5, 5.41) is 4.86. The van der Waals surface area contributed by atoms with Crippen LogP contribution in [0.1, 0.15) is 23.5 Å². The van der Waals surface area contributed by atoms with Gasteiger partial charge in [0.1, 0.15) is 0 Å². The minimum absolute atomic E-state index is 0. The van der Waals surface area contributed by atoms with Crippen molar-refractivity contribution in [3.63, 3.8) is 0 Å². The van der Waals surface area contributed by atoms with Crippen LogP contribution >= 0.6 is 24.0 Å². The molecule has 0 spiro atoms. The number of para-hydroxylation sites is 1. The molecule has 0 radical (unpaired) electrons. The normalized spacial score (nSPS) is 17.1. The van der Waals surface area contributed by atoms with E-state index in [9.17, 15) is 0 Å². The maximum absolute atomic E-state index is 4.50. The maximum Gasteiger partial charge on any atom is 0.193 e. The van der Waals surface area contributed by atoms with Crippen molar-refractivity contribution in [2.45, 2.75) is 18.8 Å². The lowest BCUT2D eigenvalue weighted by Crippen LogP contribution is -2.40. The lowest BCUT2D eigenvalue weighted by molar-refractivity contribution is 0.486. The number of halogens is 1. The van der Waals surface area contributed by atoms with Gasteiger partial charge in [-0.15, -0.1) is 24.0 Å². The zero-order valence-corrected chi connectivity index (χ0v) is 18.0. The van der Waals surface area contributed by atoms with E-state index in [0.717, 1.165) is 32.0 Å². The number of benzene rings is 2. The molecule has 1 aliphatic rings. The number of H-pyrrole nitrogens is 1. The predicted molar refractivity (Wildman–Crippen MR) is 124 cm³/mol. The summed E-state index contributed by atoms with van der Waals surface area (Å²) in [5.41, 5.74) is 3.99. The fraction of sp³-hybridized carbons (Fsp3) is 0.318. The quantitative estimate of drug-likeness (QED) is 0.335. The molecule has 1 aromatic heterocycles. The third-order valence-corrected chi connectivity index (χ3v) is 5.32. The average molecular weight is 474 g/mol. The Labute approximate surface area is 178 Å². The van der Waals surface area contributed by atoms with Gasteiger partial charge < -0.3 is 15.2 Å². The van der Waals surface area contributed by atoms with Crippen molar-refractivity contribution in [1.29, 1.82) is 0 Å². The summed E-state index contributed by atoms with van der Waals surface area (Å²) < 4.78 is 0. The highest BCUT2D eigenvalue weighted by Crippen LogP contribution is 2.26. The van der Waals surface area contributed by atoms with E-state index in [0.29, 0.717) is 5.92 Å². The molecule has 0 amide bonds. The third-order valence-electron chi connectivity index (χ3n) is 5.32. The van der Waals surface area contributed by atoms with Crippen molar-refractivity contribution >= 4 is 40.8 Å². The van der Waals surface area contributed by atoms with Crippen molar-refractivity contribution in [2.24, 2.45) is 4.99 Å². The monoisotopic (exact) mass is 474 g/mol. The molecule has 1 fully saturated rings. The summed E-state index contributed by atoms with van der Waals surface area (Å²) in [6.45, 7) is 2.99. The van der Waals surface area contributed by atoms with Gasteiger partial charge in [0.05, 0.1) is 0 Å². The van der Waals surface area contributed by atoms with E-state index in [1.54, 1.807) is 0 Å². The Morgan fingerprint density at radius 1 is 1.15 bits per heavy atom. The van der Waals surface area contributed by atoms with Gasteiger partial charge in [0.2, 0.25) is 0 Å². The number of guanidine groups is 1. The van der Waals surface area contributed by atoms with Crippen LogP contribution in [0.3, 0.4) is 0 Å². The summed E-state index contributed by atoms with van der Waals surface area (Å²) in [6, 6.07) is 19.3. The van der Waals surface area contributed by atoms with E-state index in [1.807, 2.05) is 7.05 Å². The number of aromatic amines is 1. The second-order valence-electron chi connectivity index (χ2n) is 6.93. The van der Waals surface area contributed by atoms with Crippen LogP contribution in [0.15, 0.2) is 65.8 Å². The van der Waals surface area contributed by atoms with Gasteiger partial charge >= 0.3 is 0 Å². The van der Waals surface area contributed by atoms with Crippen LogP contribution in [0.5, 0.6) is 0 Å². The summed E-state index contributed by atoms with van der Waals surface area (Å²) in [7, 11) is 1.88. The van der Waals surface area contributed by atoms with Crippen LogP contribution in [0.4, 0.5) is 0 Å². The van der Waals surface area contributed by atoms with Gasteiger partial charge in [-0.3, -0.25) is 4.99 Å². The van der Waals surface area contributed by atoms with Gasteiger partial charge in [0, 0.05) is 49.7 Å².